The molecule has 2 rings (SSSR count). The minimum Gasteiger partial charge on any atom is -0.367 e. The fourth-order valence-electron chi connectivity index (χ4n) is 0.720. The smallest absolute Gasteiger partial charge is 0.239 e. The van der Waals surface area contributed by atoms with Crippen LogP contribution in [0.2, 0.25) is 0 Å². The van der Waals surface area contributed by atoms with Crippen molar-refractivity contribution in [1.82, 2.24) is 30.4 Å². The second-order valence-electron chi connectivity index (χ2n) is 2.56. The molecule has 0 fully saturated rings. The highest BCUT2D eigenvalue weighted by molar-refractivity contribution is 5.11. The van der Waals surface area contributed by atoms with Gasteiger partial charge in [0.15, 0.2) is 0 Å². The molecule has 8 nitrogen and oxygen atoms in total. The van der Waals surface area contributed by atoms with Gasteiger partial charge in [-0.2, -0.15) is 9.97 Å². The van der Waals surface area contributed by atoms with E-state index in [-0.39, 0.29) is 0 Å². The summed E-state index contributed by atoms with van der Waals surface area (Å²) < 4.78 is 0. The molecule has 8 heteroatoms. The summed E-state index contributed by atoms with van der Waals surface area (Å²) in [6.45, 7) is 3.59. The van der Waals surface area contributed by atoms with Crippen LogP contribution in [-0.2, 0) is 0 Å². The van der Waals surface area contributed by atoms with Crippen molar-refractivity contribution in [3.8, 4) is 0 Å². The average molecular weight is 196 g/mol. The van der Waals surface area contributed by atoms with Crippen LogP contribution in [0.15, 0.2) is 0 Å². The predicted octanol–water partition coefficient (Wildman–Crippen LogP) is -0.609. The maximum absolute atomic E-state index is 5.13. The first-order valence-electron chi connectivity index (χ1n) is 3.87. The fourth-order valence-corrected chi connectivity index (χ4v) is 0.720. The lowest BCUT2D eigenvalue weighted by atomic mass is 10.8. The molecule has 0 aliphatic carbocycles. The van der Waals surface area contributed by atoms with E-state index in [0.717, 1.165) is 11.6 Å². The highest BCUT2D eigenvalue weighted by Gasteiger charge is 1.87. The van der Waals surface area contributed by atoms with Crippen molar-refractivity contribution >= 4 is 11.9 Å². The van der Waals surface area contributed by atoms with Crippen molar-refractivity contribution in [2.24, 2.45) is 0 Å². The van der Waals surface area contributed by atoms with E-state index < -0.39 is 0 Å². The minimum atomic E-state index is 0.303. The first-order valence-corrected chi connectivity index (χ1v) is 3.87. The summed E-state index contributed by atoms with van der Waals surface area (Å²) in [6.07, 6.45) is 0. The monoisotopic (exact) mass is 196 g/mol. The van der Waals surface area contributed by atoms with E-state index >= 15 is 0 Å². The molecule has 0 bridgehead atoms. The molecule has 0 atom stereocenters. The number of aryl methyl sites for hydroxylation is 2. The van der Waals surface area contributed by atoms with Gasteiger partial charge in [0.2, 0.25) is 11.9 Å². The van der Waals surface area contributed by atoms with Crippen molar-refractivity contribution in [2.75, 3.05) is 11.5 Å². The number of nitrogens with two attached hydrogens (primary N) is 2. The van der Waals surface area contributed by atoms with E-state index in [2.05, 4.69) is 30.4 Å². The Bertz CT molecular complexity index is 317. The number of rotatable bonds is 0. The van der Waals surface area contributed by atoms with E-state index in [0.29, 0.717) is 11.9 Å². The first kappa shape index (κ1) is 9.96. The maximum Gasteiger partial charge on any atom is 0.239 e. The molecule has 0 amide bonds. The van der Waals surface area contributed by atoms with Gasteiger partial charge < -0.3 is 11.5 Å². The van der Waals surface area contributed by atoms with Gasteiger partial charge in [-0.1, -0.05) is 0 Å². The predicted molar refractivity (Wildman–Crippen MR) is 51.1 cm³/mol. The molecule has 76 valence electrons. The summed E-state index contributed by atoms with van der Waals surface area (Å²) in [5, 5.41) is 12.3. The van der Waals surface area contributed by atoms with Crippen LogP contribution < -0.4 is 11.5 Å². The van der Waals surface area contributed by atoms with Crippen molar-refractivity contribution in [3.05, 3.63) is 11.6 Å². The molecule has 0 radical (unpaired) electrons. The number of H-pyrrole nitrogens is 2. The third kappa shape index (κ3) is 3.09. The number of hydrogen-bond acceptors (Lipinski definition) is 6. The van der Waals surface area contributed by atoms with Gasteiger partial charge in [0.1, 0.15) is 11.6 Å². The molecule has 0 saturated carbocycles. The quantitative estimate of drug-likeness (QED) is 0.444. The number of hydrogen-bond donors (Lipinski definition) is 4. The second-order valence-corrected chi connectivity index (χ2v) is 2.56. The van der Waals surface area contributed by atoms with Gasteiger partial charge >= 0.3 is 0 Å². The molecule has 2 aromatic rings. The topological polar surface area (TPSA) is 135 Å². The Morgan fingerprint density at radius 3 is 1.29 bits per heavy atom. The summed E-state index contributed by atoms with van der Waals surface area (Å²) in [5.74, 6) is 2.10. The lowest BCUT2D eigenvalue weighted by Crippen LogP contribution is -1.84. The average Bonchev–Trinajstić information content (AvgIpc) is 2.63. The summed E-state index contributed by atoms with van der Waals surface area (Å²) in [5.41, 5.74) is 10.3. The van der Waals surface area contributed by atoms with Crippen LogP contribution in [0.5, 0.6) is 0 Å². The molecule has 2 heterocycles. The summed E-state index contributed by atoms with van der Waals surface area (Å²) in [7, 11) is 0. The molecule has 0 saturated heterocycles. The number of nitrogens with zero attached hydrogens (tertiary/aromatic N) is 4. The van der Waals surface area contributed by atoms with Gasteiger partial charge in [0.05, 0.1) is 0 Å². The highest BCUT2D eigenvalue weighted by atomic mass is 15.3. The minimum absolute atomic E-state index is 0.303. The summed E-state index contributed by atoms with van der Waals surface area (Å²) in [4.78, 5) is 7.44. The Morgan fingerprint density at radius 1 is 0.857 bits per heavy atom. The SMILES string of the molecule is Cc1nc(N)n[nH]1.Cc1nc(N)n[nH]1. The lowest BCUT2D eigenvalue weighted by molar-refractivity contribution is 1.04. The highest BCUT2D eigenvalue weighted by Crippen LogP contribution is 1.87. The van der Waals surface area contributed by atoms with Crippen molar-refractivity contribution in [3.63, 3.8) is 0 Å². The molecule has 0 aromatic carbocycles. The molecular weight excluding hydrogens is 184 g/mol. The van der Waals surface area contributed by atoms with Crippen molar-refractivity contribution in [1.29, 1.82) is 0 Å². The van der Waals surface area contributed by atoms with E-state index in [9.17, 15) is 0 Å². The Hall–Kier alpha value is -2.12. The largest absolute Gasteiger partial charge is 0.367 e. The van der Waals surface area contributed by atoms with Gasteiger partial charge in [-0.15, -0.1) is 10.2 Å². The van der Waals surface area contributed by atoms with Crippen LogP contribution >= 0.6 is 0 Å². The maximum atomic E-state index is 5.13. The van der Waals surface area contributed by atoms with E-state index in [1.54, 1.807) is 13.8 Å². The Balaban J connectivity index is 0.000000140. The molecule has 14 heavy (non-hydrogen) atoms. The zero-order chi connectivity index (χ0) is 10.6. The fraction of sp³-hybridized carbons (Fsp3) is 0.333. The zero-order valence-corrected chi connectivity index (χ0v) is 7.94. The van der Waals surface area contributed by atoms with Gasteiger partial charge in [0.25, 0.3) is 0 Å². The lowest BCUT2D eigenvalue weighted by Gasteiger charge is -1.68. The van der Waals surface area contributed by atoms with E-state index in [1.807, 2.05) is 0 Å². The number of nitrogen functional groups attached to an aromatic ring is 2. The third-order valence-electron chi connectivity index (χ3n) is 1.23. The Kier molecular flexibility index (Phi) is 3.00. The van der Waals surface area contributed by atoms with Crippen LogP contribution in [0.4, 0.5) is 11.9 Å². The third-order valence-corrected chi connectivity index (χ3v) is 1.23. The standard InChI is InChI=1S/2C3H6N4/c2*1-2-5-3(4)7-6-2/h2*1H3,(H3,4,5,6,7). The van der Waals surface area contributed by atoms with Crippen molar-refractivity contribution in [2.45, 2.75) is 13.8 Å². The van der Waals surface area contributed by atoms with Crippen LogP contribution in [0.3, 0.4) is 0 Å². The van der Waals surface area contributed by atoms with Gasteiger partial charge in [0, 0.05) is 0 Å². The van der Waals surface area contributed by atoms with E-state index in [1.165, 1.54) is 0 Å². The molecule has 6 N–H and O–H groups in total. The van der Waals surface area contributed by atoms with Gasteiger partial charge in [-0.3, -0.25) is 10.2 Å². The van der Waals surface area contributed by atoms with Crippen LogP contribution in [-0.4, -0.2) is 30.4 Å². The zero-order valence-electron chi connectivity index (χ0n) is 7.94. The second kappa shape index (κ2) is 4.21. The van der Waals surface area contributed by atoms with Crippen LogP contribution in [0.1, 0.15) is 11.6 Å². The van der Waals surface area contributed by atoms with E-state index in [4.69, 9.17) is 11.5 Å². The molecule has 2 aromatic heterocycles. The Labute approximate surface area is 80.1 Å². The Morgan fingerprint density at radius 2 is 1.21 bits per heavy atom. The van der Waals surface area contributed by atoms with Gasteiger partial charge in [-0.05, 0) is 13.8 Å². The van der Waals surface area contributed by atoms with Crippen LogP contribution in [0, 0.1) is 13.8 Å². The molecule has 0 aliphatic rings. The molecule has 0 spiro atoms. The number of aromatic nitrogens is 6. The first-order chi connectivity index (χ1) is 6.58. The molecule has 0 aliphatic heterocycles. The van der Waals surface area contributed by atoms with Gasteiger partial charge in [-0.25, -0.2) is 0 Å². The van der Waals surface area contributed by atoms with Crippen molar-refractivity contribution < 1.29 is 0 Å². The normalized spacial score (nSPS) is 9.29. The molecule has 0 unspecified atom stereocenters. The summed E-state index contributed by atoms with van der Waals surface area (Å²) in [6, 6.07) is 0. The number of aromatic amines is 2. The number of anilines is 2. The molecular formula is C6H12N8. The summed E-state index contributed by atoms with van der Waals surface area (Å²) >= 11 is 0. The van der Waals surface area contributed by atoms with Crippen LogP contribution in [0.25, 0.3) is 0 Å². The number of nitrogens with one attached hydrogen (secondary N) is 2.